The van der Waals surface area contributed by atoms with E-state index in [0.29, 0.717) is 0 Å². The van der Waals surface area contributed by atoms with Crippen molar-refractivity contribution in [1.82, 2.24) is 0 Å². The van der Waals surface area contributed by atoms with Gasteiger partial charge in [0.05, 0.1) is 0 Å². The van der Waals surface area contributed by atoms with Crippen LogP contribution in [0.5, 0.6) is 0 Å². The van der Waals surface area contributed by atoms with E-state index in [2.05, 4.69) is 4.62 Å². The van der Waals surface area contributed by atoms with E-state index >= 15 is 0 Å². The fourth-order valence-electron chi connectivity index (χ4n) is 0.0570. The smallest absolute Gasteiger partial charge is 0.133 e. The van der Waals surface area contributed by atoms with Crippen molar-refractivity contribution in [3.05, 3.63) is 10.1 Å². The van der Waals surface area contributed by atoms with E-state index in [9.17, 15) is 4.57 Å². The van der Waals surface area contributed by atoms with Crippen LogP contribution in [0.4, 0.5) is 0 Å². The molecular weight excluding hydrogens is 125 g/mol. The molecule has 0 aromatic heterocycles. The summed E-state index contributed by atoms with van der Waals surface area (Å²) in [5.74, 6) is 0. The second-order valence-corrected chi connectivity index (χ2v) is 1.18. The van der Waals surface area contributed by atoms with Crippen molar-refractivity contribution in [2.24, 2.45) is 0 Å². The van der Waals surface area contributed by atoms with Gasteiger partial charge in [0.15, 0.2) is 0 Å². The van der Waals surface area contributed by atoms with Gasteiger partial charge in [0.25, 0.3) is 0 Å². The van der Waals surface area contributed by atoms with Crippen molar-refractivity contribution in [2.45, 2.75) is 0 Å². The Bertz CT molecular complexity index is 84.3. The van der Waals surface area contributed by atoms with Crippen LogP contribution in [0.1, 0.15) is 0 Å². The zero-order valence-corrected chi connectivity index (χ0v) is 3.87. The number of hydrogen-bond donors (Lipinski definition) is 1. The lowest BCUT2D eigenvalue weighted by atomic mass is 13.1. The van der Waals surface area contributed by atoms with Gasteiger partial charge in [-0.3, -0.25) is 0 Å². The Morgan fingerprint density at radius 3 is 2.29 bits per heavy atom. The molecule has 40 valence electrons. The highest BCUT2D eigenvalue weighted by Gasteiger charge is 2.16. The minimum atomic E-state index is -3.09. The molecule has 1 atom stereocenters. The molecular formula is HNO5P+. The van der Waals surface area contributed by atoms with Crippen LogP contribution < -0.4 is 0 Å². The summed E-state index contributed by atoms with van der Waals surface area (Å²) >= 11 is 0. The lowest BCUT2D eigenvalue weighted by Gasteiger charge is -1.67. The highest BCUT2D eigenvalue weighted by Crippen LogP contribution is 2.12. The Kier molecular flexibility index (Phi) is 2.18. The summed E-state index contributed by atoms with van der Waals surface area (Å²) < 4.78 is 12.3. The van der Waals surface area contributed by atoms with Gasteiger partial charge in [0.2, 0.25) is 0 Å². The highest BCUT2D eigenvalue weighted by molar-refractivity contribution is 7.31. The maximum Gasteiger partial charge on any atom is 0.738 e. The summed E-state index contributed by atoms with van der Waals surface area (Å²) in [7, 11) is -3.09. The first kappa shape index (κ1) is 6.26. The summed E-state index contributed by atoms with van der Waals surface area (Å²) in [5.41, 5.74) is 0. The van der Waals surface area contributed by atoms with Crippen molar-refractivity contribution < 1.29 is 19.2 Å². The molecule has 0 rings (SSSR count). The molecule has 0 aliphatic rings. The van der Waals surface area contributed by atoms with E-state index in [-0.39, 0.29) is 0 Å². The topological polar surface area (TPSA) is 89.7 Å². The molecule has 0 aromatic carbocycles. The zero-order valence-electron chi connectivity index (χ0n) is 2.97. The van der Waals surface area contributed by atoms with E-state index in [4.69, 9.17) is 15.0 Å². The second kappa shape index (κ2) is 2.44. The fraction of sp³-hybridized carbons (Fsp3) is 0. The third kappa shape index (κ3) is 5.26. The van der Waals surface area contributed by atoms with Crippen LogP contribution >= 0.6 is 8.25 Å². The van der Waals surface area contributed by atoms with Crippen LogP contribution in [0.15, 0.2) is 0 Å². The molecule has 6 nitrogen and oxygen atoms in total. The SMILES string of the molecule is O=[N+]([O-])O[P+](=O)O. The van der Waals surface area contributed by atoms with E-state index in [1.54, 1.807) is 0 Å². The lowest BCUT2D eigenvalue weighted by molar-refractivity contribution is -0.713. The molecule has 0 aliphatic carbocycles. The molecule has 0 heterocycles. The van der Waals surface area contributed by atoms with E-state index in [0.717, 1.165) is 0 Å². The van der Waals surface area contributed by atoms with Gasteiger partial charge in [-0.1, -0.05) is 0 Å². The van der Waals surface area contributed by atoms with Crippen LogP contribution in [0, 0.1) is 10.1 Å². The lowest BCUT2D eigenvalue weighted by Crippen LogP contribution is -1.89. The van der Waals surface area contributed by atoms with Gasteiger partial charge >= 0.3 is 13.3 Å². The number of hydrogen-bond acceptors (Lipinski definition) is 4. The van der Waals surface area contributed by atoms with Gasteiger partial charge in [0, 0.05) is 4.57 Å². The summed E-state index contributed by atoms with van der Waals surface area (Å²) in [6.45, 7) is 0. The molecule has 1 N–H and O–H groups in total. The molecule has 7 heavy (non-hydrogen) atoms. The van der Waals surface area contributed by atoms with Crippen molar-refractivity contribution in [3.63, 3.8) is 0 Å². The van der Waals surface area contributed by atoms with Crippen LogP contribution in [-0.4, -0.2) is 9.98 Å². The highest BCUT2D eigenvalue weighted by atomic mass is 31.1. The van der Waals surface area contributed by atoms with Crippen LogP contribution in [0.3, 0.4) is 0 Å². The second-order valence-electron chi connectivity index (χ2n) is 0.543. The normalized spacial score (nSPS) is 10.1. The standard InChI is InChI=1S/NO5P/c2-1(3)6-7(4)5/p+1. The molecule has 0 aliphatic heterocycles. The van der Waals surface area contributed by atoms with Gasteiger partial charge < -0.3 is 0 Å². The summed E-state index contributed by atoms with van der Waals surface area (Å²) in [4.78, 5) is 16.6. The van der Waals surface area contributed by atoms with Gasteiger partial charge in [-0.2, -0.15) is 0 Å². The van der Waals surface area contributed by atoms with Gasteiger partial charge in [-0.15, -0.1) is 15.0 Å². The molecule has 0 spiro atoms. The maximum atomic E-state index is 9.29. The Morgan fingerprint density at radius 2 is 2.29 bits per heavy atom. The molecule has 0 saturated heterocycles. The Labute approximate surface area is 38.8 Å². The first-order valence-corrected chi connectivity index (χ1v) is 2.24. The van der Waals surface area contributed by atoms with Crippen molar-refractivity contribution in [2.75, 3.05) is 0 Å². The van der Waals surface area contributed by atoms with Gasteiger partial charge in [0.1, 0.15) is 0 Å². The number of nitrogens with zero attached hydrogens (tertiary/aromatic N) is 1. The Balaban J connectivity index is 3.32. The molecule has 0 radical (unpaired) electrons. The molecule has 0 amide bonds. The van der Waals surface area contributed by atoms with Crippen molar-refractivity contribution in [1.29, 1.82) is 0 Å². The molecule has 0 aromatic rings. The third-order valence-corrected chi connectivity index (χ3v) is 0.410. The van der Waals surface area contributed by atoms with E-state index in [1.165, 1.54) is 0 Å². The molecule has 0 fully saturated rings. The molecule has 1 unspecified atom stereocenters. The largest absolute Gasteiger partial charge is 0.738 e. The summed E-state index contributed by atoms with van der Waals surface area (Å²) in [6.07, 6.45) is 0. The first-order chi connectivity index (χ1) is 3.13. The van der Waals surface area contributed by atoms with Crippen LogP contribution in [0.25, 0.3) is 0 Å². The molecule has 7 heteroatoms. The van der Waals surface area contributed by atoms with Crippen molar-refractivity contribution in [3.8, 4) is 0 Å². The first-order valence-electron chi connectivity index (χ1n) is 1.11. The van der Waals surface area contributed by atoms with Gasteiger partial charge in [-0.05, 0) is 4.62 Å². The molecule has 0 bridgehead atoms. The van der Waals surface area contributed by atoms with Crippen LogP contribution in [-0.2, 0) is 9.19 Å². The van der Waals surface area contributed by atoms with Crippen LogP contribution in [0.2, 0.25) is 0 Å². The average Bonchev–Trinajstić information content (AvgIpc) is 1.27. The number of rotatable bonds is 2. The van der Waals surface area contributed by atoms with Crippen molar-refractivity contribution >= 4 is 8.25 Å². The predicted octanol–water partition coefficient (Wildman–Crippen LogP) is -0.156. The summed E-state index contributed by atoms with van der Waals surface area (Å²) in [6, 6.07) is 0. The van der Waals surface area contributed by atoms with E-state index in [1.807, 2.05) is 0 Å². The monoisotopic (exact) mass is 126 g/mol. The Morgan fingerprint density at radius 1 is 1.86 bits per heavy atom. The average molecular weight is 126 g/mol. The quantitative estimate of drug-likeness (QED) is 0.315. The maximum absolute atomic E-state index is 9.29. The minimum absolute atomic E-state index is 1.33. The van der Waals surface area contributed by atoms with E-state index < -0.39 is 13.3 Å². The minimum Gasteiger partial charge on any atom is -0.133 e. The summed E-state index contributed by atoms with van der Waals surface area (Å²) in [5, 5.41) is 7.71. The predicted molar refractivity (Wildman–Crippen MR) is 17.9 cm³/mol. The Hall–Kier alpha value is -0.740. The zero-order chi connectivity index (χ0) is 5.86. The molecule has 0 saturated carbocycles. The van der Waals surface area contributed by atoms with Gasteiger partial charge in [-0.25, -0.2) is 0 Å². The third-order valence-electron chi connectivity index (χ3n) is 0.137. The fourth-order valence-corrected chi connectivity index (χ4v) is 0.171.